The van der Waals surface area contributed by atoms with Crippen molar-refractivity contribution >= 4 is 5.69 Å². The summed E-state index contributed by atoms with van der Waals surface area (Å²) in [4.78, 5) is 2.34. The average Bonchev–Trinajstić information content (AvgIpc) is 3.28. The Bertz CT molecular complexity index is 645. The lowest BCUT2D eigenvalue weighted by Gasteiger charge is -2.29. The van der Waals surface area contributed by atoms with Crippen LogP contribution in [0.15, 0.2) is 18.2 Å². The number of halogens is 3. The predicted octanol–water partition coefficient (Wildman–Crippen LogP) is 4.93. The Labute approximate surface area is 135 Å². The van der Waals surface area contributed by atoms with Gasteiger partial charge in [-0.1, -0.05) is 17.9 Å². The van der Waals surface area contributed by atoms with Crippen molar-refractivity contribution in [3.05, 3.63) is 29.3 Å². The summed E-state index contributed by atoms with van der Waals surface area (Å²) in [6.45, 7) is 5.29. The normalized spacial score (nSPS) is 19.7. The van der Waals surface area contributed by atoms with E-state index in [1.54, 1.807) is 0 Å². The fraction of sp³-hybridized carbons (Fsp3) is 0.579. The van der Waals surface area contributed by atoms with E-state index in [0.717, 1.165) is 42.6 Å². The van der Waals surface area contributed by atoms with Crippen molar-refractivity contribution in [2.45, 2.75) is 58.2 Å². The highest BCUT2D eigenvalue weighted by Crippen LogP contribution is 2.57. The van der Waals surface area contributed by atoms with E-state index in [-0.39, 0.29) is 12.8 Å². The van der Waals surface area contributed by atoms with Crippen LogP contribution in [0.25, 0.3) is 0 Å². The van der Waals surface area contributed by atoms with Crippen molar-refractivity contribution in [2.75, 3.05) is 11.4 Å². The van der Waals surface area contributed by atoms with Crippen LogP contribution in [0.4, 0.5) is 18.9 Å². The van der Waals surface area contributed by atoms with Crippen LogP contribution in [0, 0.1) is 17.3 Å². The maximum Gasteiger partial charge on any atom is 0.405 e. The van der Waals surface area contributed by atoms with Crippen LogP contribution in [0.1, 0.15) is 50.7 Å². The van der Waals surface area contributed by atoms with Crippen LogP contribution >= 0.6 is 0 Å². The number of benzene rings is 1. The Morgan fingerprint density at radius 2 is 1.91 bits per heavy atom. The van der Waals surface area contributed by atoms with E-state index >= 15 is 0 Å². The molecule has 124 valence electrons. The summed E-state index contributed by atoms with van der Waals surface area (Å²) in [7, 11) is 0. The summed E-state index contributed by atoms with van der Waals surface area (Å²) >= 11 is 0. The lowest BCUT2D eigenvalue weighted by atomic mass is 9.99. The van der Waals surface area contributed by atoms with Gasteiger partial charge >= 0.3 is 6.18 Å². The highest BCUT2D eigenvalue weighted by molar-refractivity contribution is 5.62. The minimum absolute atomic E-state index is 0.136. The Kier molecular flexibility index (Phi) is 4.08. The Hall–Kier alpha value is -1.63. The zero-order chi connectivity index (χ0) is 16.7. The maximum absolute atomic E-state index is 13.1. The smallest absolute Gasteiger partial charge is 0.369 e. The van der Waals surface area contributed by atoms with Gasteiger partial charge in [-0.2, -0.15) is 13.2 Å². The summed E-state index contributed by atoms with van der Waals surface area (Å²) < 4.78 is 39.2. The zero-order valence-electron chi connectivity index (χ0n) is 13.6. The van der Waals surface area contributed by atoms with Gasteiger partial charge < -0.3 is 4.90 Å². The molecule has 23 heavy (non-hydrogen) atoms. The molecule has 3 rings (SSSR count). The molecular formula is C19H22F3N. The van der Waals surface area contributed by atoms with Gasteiger partial charge in [0.25, 0.3) is 0 Å². The molecule has 1 aromatic rings. The van der Waals surface area contributed by atoms with E-state index in [9.17, 15) is 13.2 Å². The summed E-state index contributed by atoms with van der Waals surface area (Å²) in [5, 5.41) is 0. The van der Waals surface area contributed by atoms with Gasteiger partial charge in [-0.25, -0.2) is 0 Å². The van der Waals surface area contributed by atoms with Gasteiger partial charge in [0.05, 0.1) is 0 Å². The SMILES string of the molecule is CC(C)N1CCCCc2c(C#CC3(C(F)(F)F)CC3)cccc21. The second-order valence-corrected chi connectivity index (χ2v) is 6.88. The van der Waals surface area contributed by atoms with Crippen molar-refractivity contribution < 1.29 is 13.2 Å². The molecule has 1 saturated carbocycles. The van der Waals surface area contributed by atoms with Crippen molar-refractivity contribution in [1.29, 1.82) is 0 Å². The van der Waals surface area contributed by atoms with Crippen LogP contribution < -0.4 is 4.90 Å². The maximum atomic E-state index is 13.1. The first-order valence-electron chi connectivity index (χ1n) is 8.32. The molecule has 0 radical (unpaired) electrons. The summed E-state index contributed by atoms with van der Waals surface area (Å²) in [5.41, 5.74) is 1.27. The molecule has 1 aliphatic heterocycles. The second-order valence-electron chi connectivity index (χ2n) is 6.88. The van der Waals surface area contributed by atoms with Gasteiger partial charge in [-0.3, -0.25) is 0 Å². The predicted molar refractivity (Wildman–Crippen MR) is 86.5 cm³/mol. The summed E-state index contributed by atoms with van der Waals surface area (Å²) in [6.07, 6.45) is -0.892. The molecule has 0 aromatic heterocycles. The van der Waals surface area contributed by atoms with E-state index in [0.29, 0.717) is 6.04 Å². The van der Waals surface area contributed by atoms with E-state index in [2.05, 4.69) is 36.7 Å². The van der Waals surface area contributed by atoms with Gasteiger partial charge in [0.2, 0.25) is 0 Å². The van der Waals surface area contributed by atoms with Gasteiger partial charge in [0.1, 0.15) is 5.41 Å². The van der Waals surface area contributed by atoms with E-state index in [4.69, 9.17) is 0 Å². The number of rotatable bonds is 1. The average molecular weight is 321 g/mol. The number of fused-ring (bicyclic) bond motifs is 1. The first kappa shape index (κ1) is 16.2. The first-order valence-corrected chi connectivity index (χ1v) is 8.32. The van der Waals surface area contributed by atoms with Crippen LogP contribution in [0.3, 0.4) is 0 Å². The third-order valence-electron chi connectivity index (χ3n) is 4.89. The third-order valence-corrected chi connectivity index (χ3v) is 4.89. The Morgan fingerprint density at radius 1 is 1.17 bits per heavy atom. The van der Waals surface area contributed by atoms with Gasteiger partial charge in [-0.15, -0.1) is 0 Å². The molecule has 4 heteroatoms. The molecule has 0 spiro atoms. The van der Waals surface area contributed by atoms with Crippen molar-refractivity contribution in [3.8, 4) is 11.8 Å². The highest BCUT2D eigenvalue weighted by atomic mass is 19.4. The number of hydrogen-bond acceptors (Lipinski definition) is 1. The largest absolute Gasteiger partial charge is 0.405 e. The molecule has 0 atom stereocenters. The second kappa shape index (κ2) is 5.78. The molecule has 0 bridgehead atoms. The lowest BCUT2D eigenvalue weighted by molar-refractivity contribution is -0.168. The Morgan fingerprint density at radius 3 is 2.52 bits per heavy atom. The van der Waals surface area contributed by atoms with Crippen molar-refractivity contribution in [1.82, 2.24) is 0 Å². The Balaban J connectivity index is 1.99. The molecule has 1 aliphatic carbocycles. The van der Waals surface area contributed by atoms with Crippen LogP contribution in [0.2, 0.25) is 0 Å². The fourth-order valence-corrected chi connectivity index (χ4v) is 3.26. The molecule has 0 saturated heterocycles. The first-order chi connectivity index (χ1) is 10.8. The van der Waals surface area contributed by atoms with E-state index in [1.165, 1.54) is 0 Å². The van der Waals surface area contributed by atoms with Crippen molar-refractivity contribution in [3.63, 3.8) is 0 Å². The number of alkyl halides is 3. The summed E-state index contributed by atoms with van der Waals surface area (Å²) in [6, 6.07) is 6.22. The van der Waals surface area contributed by atoms with E-state index in [1.807, 2.05) is 12.1 Å². The molecule has 2 aliphatic rings. The zero-order valence-corrected chi connectivity index (χ0v) is 13.6. The molecule has 1 heterocycles. The quantitative estimate of drug-likeness (QED) is 0.663. The van der Waals surface area contributed by atoms with Crippen LogP contribution in [-0.4, -0.2) is 18.8 Å². The minimum Gasteiger partial charge on any atom is -0.369 e. The standard InChI is InChI=1S/C19H22F3N/c1-14(2)23-13-4-3-7-16-15(6-5-8-17(16)23)9-10-18(11-12-18)19(20,21)22/h5-6,8,14H,3-4,7,11-13H2,1-2H3. The van der Waals surface area contributed by atoms with Crippen LogP contribution in [0.5, 0.6) is 0 Å². The monoisotopic (exact) mass is 321 g/mol. The van der Waals surface area contributed by atoms with E-state index < -0.39 is 11.6 Å². The topological polar surface area (TPSA) is 3.24 Å². The molecule has 0 amide bonds. The molecule has 0 N–H and O–H groups in total. The van der Waals surface area contributed by atoms with Crippen LogP contribution in [-0.2, 0) is 6.42 Å². The molecular weight excluding hydrogens is 299 g/mol. The minimum atomic E-state index is -4.21. The fourth-order valence-electron chi connectivity index (χ4n) is 3.26. The van der Waals surface area contributed by atoms with Gasteiger partial charge in [0.15, 0.2) is 0 Å². The number of nitrogens with zero attached hydrogens (tertiary/aromatic N) is 1. The lowest BCUT2D eigenvalue weighted by Crippen LogP contribution is -2.31. The number of anilines is 1. The molecule has 1 nitrogen and oxygen atoms in total. The highest BCUT2D eigenvalue weighted by Gasteiger charge is 2.62. The number of hydrogen-bond donors (Lipinski definition) is 0. The molecule has 1 aromatic carbocycles. The molecule has 1 fully saturated rings. The molecule has 0 unspecified atom stereocenters. The van der Waals surface area contributed by atoms with Crippen molar-refractivity contribution in [2.24, 2.45) is 5.41 Å². The van der Waals surface area contributed by atoms with Gasteiger partial charge in [-0.05, 0) is 63.6 Å². The summed E-state index contributed by atoms with van der Waals surface area (Å²) in [5.74, 6) is 5.42. The third kappa shape index (κ3) is 3.06. The van der Waals surface area contributed by atoms with Gasteiger partial charge in [0, 0.05) is 23.8 Å².